The summed E-state index contributed by atoms with van der Waals surface area (Å²) in [6, 6.07) is 67.5. The maximum Gasteiger partial charge on any atom is 0.164 e. The lowest BCUT2D eigenvalue weighted by atomic mass is 10.0. The molecule has 0 N–H and O–H groups in total. The van der Waals surface area contributed by atoms with Crippen molar-refractivity contribution < 1.29 is 8.83 Å². The van der Waals surface area contributed by atoms with Gasteiger partial charge in [-0.1, -0.05) is 140 Å². The monoisotopic (exact) mass is 780 g/mol. The zero-order valence-corrected chi connectivity index (χ0v) is 32.6. The van der Waals surface area contributed by atoms with Crippen LogP contribution in [0.5, 0.6) is 0 Å². The second-order valence-corrected chi connectivity index (χ2v) is 15.6. The third-order valence-corrected chi connectivity index (χ3v) is 12.0. The minimum atomic E-state index is 0.552. The molecule has 0 spiro atoms. The van der Waals surface area contributed by atoms with Gasteiger partial charge in [0.25, 0.3) is 0 Å². The first-order valence-corrected chi connectivity index (χ1v) is 20.4. The molecular formula is C55H32N4O2. The Kier molecular flexibility index (Phi) is 7.21. The first-order valence-electron chi connectivity index (χ1n) is 20.4. The van der Waals surface area contributed by atoms with E-state index in [9.17, 15) is 0 Å². The molecule has 284 valence electrons. The van der Waals surface area contributed by atoms with Crippen LogP contribution in [0.25, 0.3) is 127 Å². The summed E-state index contributed by atoms with van der Waals surface area (Å²) in [7, 11) is 0. The van der Waals surface area contributed by atoms with E-state index in [4.69, 9.17) is 23.8 Å². The molecule has 0 aliphatic carbocycles. The topological polar surface area (TPSA) is 69.9 Å². The van der Waals surface area contributed by atoms with Gasteiger partial charge in [-0.05, 0) is 76.5 Å². The SMILES string of the molecule is c1ccc(-c2ccc(-c3nc(-c4ccc5c(c4)oc4ccccc45)nc(-c4cc(-n5c6ccccc6c6cc7ccccc7cc65)c5oc6ccccc6c5c4)n3)cc2)cc1. The number of nitrogens with zero attached hydrogens (tertiary/aromatic N) is 4. The van der Waals surface area contributed by atoms with E-state index in [1.54, 1.807) is 0 Å². The van der Waals surface area contributed by atoms with Crippen LogP contribution < -0.4 is 0 Å². The highest BCUT2D eigenvalue weighted by Crippen LogP contribution is 2.42. The van der Waals surface area contributed by atoms with Gasteiger partial charge in [-0.2, -0.15) is 0 Å². The number of hydrogen-bond acceptors (Lipinski definition) is 5. The molecule has 4 aromatic heterocycles. The largest absolute Gasteiger partial charge is 0.456 e. The molecule has 9 aromatic carbocycles. The highest BCUT2D eigenvalue weighted by molar-refractivity contribution is 6.16. The van der Waals surface area contributed by atoms with Crippen LogP contribution in [-0.4, -0.2) is 19.5 Å². The van der Waals surface area contributed by atoms with Crippen LogP contribution in [0.4, 0.5) is 0 Å². The van der Waals surface area contributed by atoms with Gasteiger partial charge < -0.3 is 13.4 Å². The fourth-order valence-corrected chi connectivity index (χ4v) is 9.09. The Morgan fingerprint density at radius 1 is 0.311 bits per heavy atom. The molecule has 0 bridgehead atoms. The predicted molar refractivity (Wildman–Crippen MR) is 248 cm³/mol. The van der Waals surface area contributed by atoms with Gasteiger partial charge in [0.05, 0.1) is 16.7 Å². The number of aromatic nitrogens is 4. The Bertz CT molecular complexity index is 3880. The van der Waals surface area contributed by atoms with E-state index in [-0.39, 0.29) is 0 Å². The van der Waals surface area contributed by atoms with E-state index in [0.29, 0.717) is 17.5 Å². The number of rotatable bonds is 5. The van der Waals surface area contributed by atoms with Crippen molar-refractivity contribution in [3.05, 3.63) is 194 Å². The number of benzene rings is 9. The minimum absolute atomic E-state index is 0.552. The Hall–Kier alpha value is -8.35. The first-order chi connectivity index (χ1) is 30.2. The molecular weight excluding hydrogens is 749 g/mol. The Morgan fingerprint density at radius 2 is 0.869 bits per heavy atom. The van der Waals surface area contributed by atoms with Crippen LogP contribution >= 0.6 is 0 Å². The molecule has 13 rings (SSSR count). The predicted octanol–water partition coefficient (Wildman–Crippen LogP) is 14.6. The summed E-state index contributed by atoms with van der Waals surface area (Å²) in [6.45, 7) is 0. The van der Waals surface area contributed by atoms with Crippen LogP contribution in [0.15, 0.2) is 203 Å². The van der Waals surface area contributed by atoms with Crippen molar-refractivity contribution >= 4 is 76.5 Å². The van der Waals surface area contributed by atoms with Gasteiger partial charge in [0, 0.05) is 49.0 Å². The van der Waals surface area contributed by atoms with Gasteiger partial charge >= 0.3 is 0 Å². The van der Waals surface area contributed by atoms with Crippen molar-refractivity contribution in [1.29, 1.82) is 0 Å². The summed E-state index contributed by atoms with van der Waals surface area (Å²) in [5.74, 6) is 1.68. The second-order valence-electron chi connectivity index (χ2n) is 15.6. The molecule has 0 atom stereocenters. The molecule has 0 amide bonds. The van der Waals surface area contributed by atoms with Crippen molar-refractivity contribution in [3.63, 3.8) is 0 Å². The van der Waals surface area contributed by atoms with E-state index in [1.807, 2.05) is 42.5 Å². The van der Waals surface area contributed by atoms with E-state index < -0.39 is 0 Å². The van der Waals surface area contributed by atoms with Crippen LogP contribution in [0.1, 0.15) is 0 Å². The molecule has 0 aliphatic heterocycles. The van der Waals surface area contributed by atoms with Gasteiger partial charge in [-0.15, -0.1) is 0 Å². The van der Waals surface area contributed by atoms with Gasteiger partial charge in [-0.25, -0.2) is 15.0 Å². The molecule has 4 heterocycles. The molecule has 0 saturated carbocycles. The maximum absolute atomic E-state index is 6.80. The van der Waals surface area contributed by atoms with Crippen molar-refractivity contribution in [1.82, 2.24) is 19.5 Å². The fourth-order valence-electron chi connectivity index (χ4n) is 9.09. The van der Waals surface area contributed by atoms with Crippen LogP contribution in [-0.2, 0) is 0 Å². The Morgan fingerprint density at radius 3 is 1.66 bits per heavy atom. The van der Waals surface area contributed by atoms with E-state index in [2.05, 4.69) is 156 Å². The average molecular weight is 781 g/mol. The summed E-state index contributed by atoms with van der Waals surface area (Å²) < 4.78 is 15.5. The molecule has 6 heteroatoms. The summed E-state index contributed by atoms with van der Waals surface area (Å²) in [6.07, 6.45) is 0. The Balaban J connectivity index is 1.08. The van der Waals surface area contributed by atoms with Crippen LogP contribution in [0, 0.1) is 0 Å². The lowest BCUT2D eigenvalue weighted by molar-refractivity contribution is 0.666. The van der Waals surface area contributed by atoms with Crippen LogP contribution in [0.2, 0.25) is 0 Å². The highest BCUT2D eigenvalue weighted by Gasteiger charge is 2.22. The van der Waals surface area contributed by atoms with E-state index >= 15 is 0 Å². The van der Waals surface area contributed by atoms with E-state index in [0.717, 1.165) is 88.4 Å². The van der Waals surface area contributed by atoms with Crippen molar-refractivity contribution in [2.24, 2.45) is 0 Å². The summed E-state index contributed by atoms with van der Waals surface area (Å²) in [5.41, 5.74) is 11.2. The van der Waals surface area contributed by atoms with Gasteiger partial charge in [0.2, 0.25) is 0 Å². The minimum Gasteiger partial charge on any atom is -0.456 e. The Labute approximate surface area is 348 Å². The standard InChI is InChI=1S/C55H32N4O2/c1-2-12-33(13-3-1)34-22-24-35(25-23-34)53-56-54(38-26-27-43-41-17-7-10-20-49(41)60-51(43)32-38)58-55(57-53)39-29-45-42-18-8-11-21-50(42)61-52(45)48(31-39)59-46-19-9-6-16-40(46)44-28-36-14-4-5-15-37(36)30-47(44)59/h1-32H. The highest BCUT2D eigenvalue weighted by atomic mass is 16.3. The zero-order chi connectivity index (χ0) is 40.0. The smallest absolute Gasteiger partial charge is 0.164 e. The van der Waals surface area contributed by atoms with Crippen molar-refractivity contribution in [2.75, 3.05) is 0 Å². The first kappa shape index (κ1) is 33.6. The second kappa shape index (κ2) is 13.1. The lowest BCUT2D eigenvalue weighted by Crippen LogP contribution is -2.01. The molecule has 61 heavy (non-hydrogen) atoms. The lowest BCUT2D eigenvalue weighted by Gasteiger charge is -2.13. The summed E-state index contributed by atoms with van der Waals surface area (Å²) >= 11 is 0. The summed E-state index contributed by atoms with van der Waals surface area (Å²) in [5, 5.41) is 8.83. The molecule has 0 saturated heterocycles. The third kappa shape index (κ3) is 5.32. The summed E-state index contributed by atoms with van der Waals surface area (Å²) in [4.78, 5) is 15.7. The van der Waals surface area contributed by atoms with Crippen molar-refractivity contribution in [3.8, 4) is 51.0 Å². The van der Waals surface area contributed by atoms with Crippen LogP contribution in [0.3, 0.4) is 0 Å². The number of hydrogen-bond donors (Lipinski definition) is 0. The van der Waals surface area contributed by atoms with E-state index in [1.165, 1.54) is 21.5 Å². The molecule has 0 aliphatic rings. The fraction of sp³-hybridized carbons (Fsp3) is 0. The number of fused-ring (bicyclic) bond motifs is 10. The normalized spacial score (nSPS) is 11.9. The average Bonchev–Trinajstić information content (AvgIpc) is 4.00. The van der Waals surface area contributed by atoms with Gasteiger partial charge in [0.1, 0.15) is 16.7 Å². The molecule has 0 radical (unpaired) electrons. The molecule has 0 fully saturated rings. The number of para-hydroxylation sites is 3. The van der Waals surface area contributed by atoms with Gasteiger partial charge in [0.15, 0.2) is 23.1 Å². The molecule has 0 unspecified atom stereocenters. The maximum atomic E-state index is 6.80. The molecule has 6 nitrogen and oxygen atoms in total. The zero-order valence-electron chi connectivity index (χ0n) is 32.6. The molecule has 13 aromatic rings. The van der Waals surface area contributed by atoms with Crippen molar-refractivity contribution in [2.45, 2.75) is 0 Å². The quantitative estimate of drug-likeness (QED) is 0.174. The third-order valence-electron chi connectivity index (χ3n) is 12.0. The van der Waals surface area contributed by atoms with Gasteiger partial charge in [-0.3, -0.25) is 0 Å². The number of furan rings is 2.